The van der Waals surface area contributed by atoms with Crippen molar-refractivity contribution in [2.24, 2.45) is 17.8 Å². The lowest BCUT2D eigenvalue weighted by molar-refractivity contribution is -0.151. The second kappa shape index (κ2) is 41.3. The monoisotopic (exact) mass is 1160 g/mol. The van der Waals surface area contributed by atoms with Crippen molar-refractivity contribution >= 4 is 35.8 Å². The highest BCUT2D eigenvalue weighted by Crippen LogP contribution is 2.31. The van der Waals surface area contributed by atoms with Crippen LogP contribution in [0.2, 0.25) is 0 Å². The molecule has 0 bridgehead atoms. The molecule has 1 saturated heterocycles. The number of methoxy groups -OCH3 is 3. The van der Waals surface area contributed by atoms with Crippen LogP contribution >= 0.6 is 0 Å². The van der Waals surface area contributed by atoms with Crippen LogP contribution < -0.4 is 16.0 Å². The average molecular weight is 1160 g/mol. The van der Waals surface area contributed by atoms with Gasteiger partial charge in [0.15, 0.2) is 0 Å². The minimum Gasteiger partial charge on any atom is -0.465 e. The summed E-state index contributed by atoms with van der Waals surface area (Å²) >= 11 is 0. The number of hydrogen-bond acceptors (Lipinski definition) is 17. The van der Waals surface area contributed by atoms with Gasteiger partial charge in [-0.05, 0) is 57.4 Å². The molecular formula is C57H100N6O18. The Bertz CT molecular complexity index is 1920. The smallest absolute Gasteiger partial charge is 0.410 e. The molecule has 4 N–H and O–H groups in total. The SMILES string of the molecule is CCC(C)C(C(CC(=O)N1CCCC1C(OC)[C@H](C(=O)NCCc1ccccc1)C(CNC(=O)O)OCCOCCOCCOCCOCCOCCOCCOC)OC)N(C)C(=O)CNC(=O)C(C(C)C)N(C)C(=O)OC(C)(C)C. The molecule has 0 aromatic heterocycles. The third-order valence-electron chi connectivity index (χ3n) is 13.7. The van der Waals surface area contributed by atoms with Gasteiger partial charge in [0, 0.05) is 55.1 Å². The Morgan fingerprint density at radius 2 is 1.25 bits per heavy atom. The van der Waals surface area contributed by atoms with Gasteiger partial charge in [-0.15, -0.1) is 0 Å². The van der Waals surface area contributed by atoms with Crippen molar-refractivity contribution in [2.45, 2.75) is 123 Å². The van der Waals surface area contributed by atoms with E-state index < -0.39 is 77.9 Å². The van der Waals surface area contributed by atoms with Gasteiger partial charge in [0.25, 0.3) is 0 Å². The van der Waals surface area contributed by atoms with Crippen molar-refractivity contribution in [2.75, 3.05) is 154 Å². The van der Waals surface area contributed by atoms with Crippen LogP contribution in [0.15, 0.2) is 30.3 Å². The Kier molecular flexibility index (Phi) is 36.9. The number of amides is 6. The Hall–Kier alpha value is -4.76. The molecule has 0 aliphatic carbocycles. The third-order valence-corrected chi connectivity index (χ3v) is 13.7. The number of rotatable bonds is 44. The van der Waals surface area contributed by atoms with E-state index in [0.29, 0.717) is 98.3 Å². The number of ether oxygens (including phenoxy) is 11. The number of carbonyl (C=O) groups is 6. The third kappa shape index (κ3) is 28.4. The molecule has 1 fully saturated rings. The molecule has 1 aliphatic rings. The maximum atomic E-state index is 14.7. The molecule has 1 aromatic carbocycles. The summed E-state index contributed by atoms with van der Waals surface area (Å²) in [5.74, 6) is -3.28. The zero-order valence-corrected chi connectivity index (χ0v) is 50.6. The summed E-state index contributed by atoms with van der Waals surface area (Å²) in [6, 6.07) is 7.46. The summed E-state index contributed by atoms with van der Waals surface area (Å²) in [5.41, 5.74) is 0.221. The van der Waals surface area contributed by atoms with Crippen LogP contribution in [0.1, 0.15) is 79.7 Å². The number of likely N-dealkylation sites (N-methyl/N-ethyl adjacent to an activating group) is 2. The fourth-order valence-electron chi connectivity index (χ4n) is 9.49. The van der Waals surface area contributed by atoms with E-state index in [9.17, 15) is 33.9 Å². The summed E-state index contributed by atoms with van der Waals surface area (Å²) < 4.78 is 62.3. The molecule has 0 saturated carbocycles. The maximum Gasteiger partial charge on any atom is 0.410 e. The number of nitrogens with one attached hydrogen (secondary N) is 3. The Morgan fingerprint density at radius 3 is 1.73 bits per heavy atom. The van der Waals surface area contributed by atoms with Crippen LogP contribution in [0.3, 0.4) is 0 Å². The largest absolute Gasteiger partial charge is 0.465 e. The number of benzene rings is 1. The van der Waals surface area contributed by atoms with E-state index in [1.54, 1.807) is 53.7 Å². The van der Waals surface area contributed by atoms with Crippen LogP contribution in [0.5, 0.6) is 0 Å². The predicted octanol–water partition coefficient (Wildman–Crippen LogP) is 3.65. The van der Waals surface area contributed by atoms with Crippen molar-refractivity contribution in [1.29, 1.82) is 0 Å². The van der Waals surface area contributed by atoms with E-state index in [0.717, 1.165) is 5.56 Å². The quantitative estimate of drug-likeness (QED) is 0.0679. The zero-order valence-electron chi connectivity index (χ0n) is 50.6. The normalized spacial score (nSPS) is 16.2. The first-order chi connectivity index (χ1) is 38.7. The molecule has 81 heavy (non-hydrogen) atoms. The van der Waals surface area contributed by atoms with Crippen LogP contribution in [0, 0.1) is 17.8 Å². The summed E-state index contributed by atoms with van der Waals surface area (Å²) in [6.45, 7) is 17.7. The topological polar surface area (TPSA) is 270 Å². The number of likely N-dealkylation sites (tertiary alicyclic amines) is 1. The van der Waals surface area contributed by atoms with Gasteiger partial charge in [-0.3, -0.25) is 24.1 Å². The van der Waals surface area contributed by atoms with Crippen LogP contribution in [0.4, 0.5) is 9.59 Å². The molecule has 7 unspecified atom stereocenters. The molecule has 0 radical (unpaired) electrons. The lowest BCUT2D eigenvalue weighted by Crippen LogP contribution is -2.57. The van der Waals surface area contributed by atoms with E-state index >= 15 is 0 Å². The van der Waals surface area contributed by atoms with Crippen LogP contribution in [-0.4, -0.2) is 252 Å². The first-order valence-electron chi connectivity index (χ1n) is 28.4. The molecule has 1 aliphatic heterocycles. The van der Waals surface area contributed by atoms with Gasteiger partial charge in [-0.25, -0.2) is 9.59 Å². The standard InChI is InChI=1S/C57H100N6O18/c1-13-42(4)51(61(8)48(65)40-59-54(67)50(41(2)3)62(9)56(70)81-57(5,6)7)45(72-11)38-47(64)63-23-17-20-44(63)52(73-12)49(53(66)58-22-21-43-18-15-14-16-19-43)46(39-60-55(68)69)80-37-36-79-35-34-78-33-32-77-31-30-76-29-28-75-27-26-74-25-24-71-10/h14-16,18-19,41-42,44-46,49-52,60H,13,17,20-40H2,1-12H3,(H,58,66)(H,59,67)(H,68,69)/t42?,44?,45?,46?,49-,50?,51?,52?/m1/s1. The van der Waals surface area contributed by atoms with Gasteiger partial charge in [-0.1, -0.05) is 64.4 Å². The lowest BCUT2D eigenvalue weighted by Gasteiger charge is -2.40. The molecule has 1 aromatic rings. The fraction of sp³-hybridized carbons (Fsp3) is 0.789. The van der Waals surface area contributed by atoms with E-state index in [4.69, 9.17) is 52.1 Å². The minimum absolute atomic E-state index is 0.0102. The van der Waals surface area contributed by atoms with Crippen molar-refractivity contribution in [3.05, 3.63) is 35.9 Å². The summed E-state index contributed by atoms with van der Waals surface area (Å²) in [4.78, 5) is 86.2. The van der Waals surface area contributed by atoms with E-state index in [2.05, 4.69) is 16.0 Å². The maximum absolute atomic E-state index is 14.7. The van der Waals surface area contributed by atoms with Gasteiger partial charge in [0.05, 0.1) is 142 Å². The molecule has 1 heterocycles. The molecule has 6 amide bonds. The Morgan fingerprint density at radius 1 is 0.704 bits per heavy atom. The van der Waals surface area contributed by atoms with Gasteiger partial charge >= 0.3 is 12.2 Å². The molecule has 24 nitrogen and oxygen atoms in total. The molecular weight excluding hydrogens is 1060 g/mol. The average Bonchev–Trinajstić information content (AvgIpc) is 4.04. The second-order valence-corrected chi connectivity index (χ2v) is 21.2. The Labute approximate surface area is 481 Å². The number of nitrogens with zero attached hydrogens (tertiary/aromatic N) is 3. The molecule has 24 heteroatoms. The van der Waals surface area contributed by atoms with Crippen molar-refractivity contribution in [3.8, 4) is 0 Å². The number of hydrogen-bond donors (Lipinski definition) is 4. The van der Waals surface area contributed by atoms with Gasteiger partial charge in [-0.2, -0.15) is 0 Å². The second-order valence-electron chi connectivity index (χ2n) is 21.2. The van der Waals surface area contributed by atoms with Gasteiger partial charge in [0.2, 0.25) is 23.6 Å². The summed E-state index contributed by atoms with van der Waals surface area (Å²) in [5, 5.41) is 17.9. The van der Waals surface area contributed by atoms with E-state index in [-0.39, 0.29) is 70.2 Å². The van der Waals surface area contributed by atoms with E-state index in [1.807, 2.05) is 44.2 Å². The van der Waals surface area contributed by atoms with Crippen LogP contribution in [0.25, 0.3) is 0 Å². The number of carboxylic acid groups (broad SMARTS) is 1. The number of carbonyl (C=O) groups excluding carboxylic acids is 5. The van der Waals surface area contributed by atoms with E-state index in [1.165, 1.54) is 31.1 Å². The van der Waals surface area contributed by atoms with Crippen LogP contribution in [-0.2, 0) is 77.7 Å². The van der Waals surface area contributed by atoms with Gasteiger partial charge in [0.1, 0.15) is 11.6 Å². The summed E-state index contributed by atoms with van der Waals surface area (Å²) in [6.07, 6.45) is -2.75. The Balaban J connectivity index is 2.17. The first kappa shape index (κ1) is 72.3. The molecule has 0 spiro atoms. The molecule has 2 rings (SSSR count). The van der Waals surface area contributed by atoms with Crippen molar-refractivity contribution in [1.82, 2.24) is 30.7 Å². The highest BCUT2D eigenvalue weighted by atomic mass is 16.6. The van der Waals surface area contributed by atoms with Gasteiger partial charge < -0.3 is 83.0 Å². The lowest BCUT2D eigenvalue weighted by atomic mass is 9.87. The van der Waals surface area contributed by atoms with Crippen molar-refractivity contribution < 1.29 is 86.0 Å². The predicted molar refractivity (Wildman–Crippen MR) is 302 cm³/mol. The van der Waals surface area contributed by atoms with Crippen molar-refractivity contribution in [3.63, 3.8) is 0 Å². The molecule has 466 valence electrons. The first-order valence-corrected chi connectivity index (χ1v) is 28.4. The molecule has 8 atom stereocenters. The minimum atomic E-state index is -1.32. The fourth-order valence-corrected chi connectivity index (χ4v) is 9.49. The zero-order chi connectivity index (χ0) is 60.2. The highest BCUT2D eigenvalue weighted by molar-refractivity contribution is 5.90. The highest BCUT2D eigenvalue weighted by Gasteiger charge is 2.46. The summed E-state index contributed by atoms with van der Waals surface area (Å²) in [7, 11) is 7.65.